The van der Waals surface area contributed by atoms with E-state index in [1.54, 1.807) is 4.68 Å². The maximum absolute atomic E-state index is 12.9. The minimum absolute atomic E-state index is 0.103. The fourth-order valence-electron chi connectivity index (χ4n) is 5.64. The monoisotopic (exact) mass is 498 g/mol. The van der Waals surface area contributed by atoms with E-state index in [0.29, 0.717) is 23.1 Å². The van der Waals surface area contributed by atoms with Crippen LogP contribution in [0.2, 0.25) is 0 Å². The minimum Gasteiger partial charge on any atom is -0.490 e. The number of hydrogen-bond donors (Lipinski definition) is 3. The van der Waals surface area contributed by atoms with E-state index in [4.69, 9.17) is 15.6 Å². The molecular weight excluding hydrogens is 468 g/mol. The molecule has 0 amide bonds. The first-order chi connectivity index (χ1) is 18.0. The fourth-order valence-corrected chi connectivity index (χ4v) is 5.64. The van der Waals surface area contributed by atoms with Gasteiger partial charge in [-0.2, -0.15) is 10.2 Å². The Labute approximate surface area is 214 Å². The van der Waals surface area contributed by atoms with Crippen LogP contribution in [0.3, 0.4) is 0 Å². The number of nitrogens with two attached hydrogens (primary N) is 1. The maximum atomic E-state index is 12.9. The first-order valence-corrected chi connectivity index (χ1v) is 12.7. The molecular formula is C28H30N6O3. The Kier molecular flexibility index (Phi) is 6.02. The van der Waals surface area contributed by atoms with Gasteiger partial charge in [-0.15, -0.1) is 0 Å². The molecule has 1 aliphatic carbocycles. The average molecular weight is 499 g/mol. The molecule has 3 heterocycles. The van der Waals surface area contributed by atoms with Gasteiger partial charge in [0.1, 0.15) is 29.3 Å². The van der Waals surface area contributed by atoms with Crippen LogP contribution in [-0.2, 0) is 12.8 Å². The van der Waals surface area contributed by atoms with Crippen LogP contribution in [0.4, 0.5) is 5.82 Å². The number of aromatic amines is 1. The molecule has 2 aromatic carbocycles. The van der Waals surface area contributed by atoms with Gasteiger partial charge in [0.25, 0.3) is 5.56 Å². The zero-order valence-corrected chi connectivity index (χ0v) is 20.5. The van der Waals surface area contributed by atoms with Crippen LogP contribution >= 0.6 is 0 Å². The fraction of sp³-hybridized carbons (Fsp3) is 0.321. The van der Waals surface area contributed by atoms with E-state index < -0.39 is 6.23 Å². The van der Waals surface area contributed by atoms with Crippen molar-refractivity contribution in [2.45, 2.75) is 44.1 Å². The van der Waals surface area contributed by atoms with Gasteiger partial charge in [0.15, 0.2) is 5.82 Å². The van der Waals surface area contributed by atoms with Gasteiger partial charge in [-0.05, 0) is 54.3 Å². The maximum Gasteiger partial charge on any atom is 0.290 e. The molecule has 1 fully saturated rings. The molecule has 4 aromatic rings. The highest BCUT2D eigenvalue weighted by atomic mass is 16.5. The molecule has 1 saturated heterocycles. The predicted octanol–water partition coefficient (Wildman–Crippen LogP) is 3.06. The Hall–Kier alpha value is -3.95. The number of hydrogen-bond acceptors (Lipinski definition) is 7. The number of rotatable bonds is 6. The van der Waals surface area contributed by atoms with Crippen molar-refractivity contribution in [3.63, 3.8) is 0 Å². The normalized spacial score (nSPS) is 19.1. The van der Waals surface area contributed by atoms with Crippen molar-refractivity contribution in [1.82, 2.24) is 24.9 Å². The lowest BCUT2D eigenvalue weighted by molar-refractivity contribution is 0.0127. The smallest absolute Gasteiger partial charge is 0.290 e. The number of H-pyrrole nitrogens is 1. The molecule has 2 aliphatic rings. The van der Waals surface area contributed by atoms with Gasteiger partial charge in [-0.25, -0.2) is 5.10 Å². The molecule has 190 valence electrons. The summed E-state index contributed by atoms with van der Waals surface area (Å²) < 4.78 is 8.02. The molecule has 2 aromatic heterocycles. The third kappa shape index (κ3) is 4.30. The van der Waals surface area contributed by atoms with E-state index in [9.17, 15) is 9.90 Å². The van der Waals surface area contributed by atoms with Crippen molar-refractivity contribution >= 4 is 16.7 Å². The lowest BCUT2D eigenvalue weighted by Gasteiger charge is -2.34. The summed E-state index contributed by atoms with van der Waals surface area (Å²) >= 11 is 0. The largest absolute Gasteiger partial charge is 0.490 e. The van der Waals surface area contributed by atoms with Gasteiger partial charge >= 0.3 is 0 Å². The van der Waals surface area contributed by atoms with Crippen molar-refractivity contribution in [3.8, 4) is 17.0 Å². The third-order valence-electron chi connectivity index (χ3n) is 7.46. The van der Waals surface area contributed by atoms with E-state index in [0.717, 1.165) is 43.5 Å². The molecule has 0 saturated carbocycles. The highest BCUT2D eigenvalue weighted by molar-refractivity contribution is 5.99. The summed E-state index contributed by atoms with van der Waals surface area (Å²) in [4.78, 5) is 14.8. The Balaban J connectivity index is 1.31. The summed E-state index contributed by atoms with van der Waals surface area (Å²) in [7, 11) is 0. The standard InChI is InChI=1S/C28H30N6O3/c1-2-23(35)33-13-5-8-20(16-33)34-26-24(27(29)30-31-28(26)36)25(32-34)17-9-11-21(12-10-17)37-22-14-18-6-3-4-7-19(18)15-22/h2-4,6-7,9-12,20,22-23,35H,1,5,8,13-16H2,(H2,29,30)(H,31,36)/t20-,23?/m1/s1. The van der Waals surface area contributed by atoms with Crippen LogP contribution in [-0.4, -0.2) is 55.4 Å². The van der Waals surface area contributed by atoms with Gasteiger partial charge in [0, 0.05) is 31.5 Å². The van der Waals surface area contributed by atoms with Crippen LogP contribution in [0, 0.1) is 0 Å². The third-order valence-corrected chi connectivity index (χ3v) is 7.46. The van der Waals surface area contributed by atoms with Crippen molar-refractivity contribution in [2.24, 2.45) is 0 Å². The van der Waals surface area contributed by atoms with E-state index in [2.05, 4.69) is 41.0 Å². The number of nitrogens with zero attached hydrogens (tertiary/aromatic N) is 4. The zero-order valence-electron chi connectivity index (χ0n) is 20.5. The predicted molar refractivity (Wildman–Crippen MR) is 142 cm³/mol. The second-order valence-electron chi connectivity index (χ2n) is 9.84. The van der Waals surface area contributed by atoms with E-state index in [1.807, 2.05) is 29.2 Å². The van der Waals surface area contributed by atoms with E-state index >= 15 is 0 Å². The number of likely N-dealkylation sites (tertiary alicyclic amines) is 1. The molecule has 1 aliphatic heterocycles. The van der Waals surface area contributed by atoms with Crippen LogP contribution < -0.4 is 16.0 Å². The summed E-state index contributed by atoms with van der Waals surface area (Å²) in [6.07, 6.45) is 4.37. The molecule has 1 unspecified atom stereocenters. The number of ether oxygens (including phenoxy) is 1. The molecule has 37 heavy (non-hydrogen) atoms. The van der Waals surface area contributed by atoms with Crippen LogP contribution in [0.5, 0.6) is 5.75 Å². The molecule has 6 rings (SSSR count). The van der Waals surface area contributed by atoms with Crippen molar-refractivity contribution in [1.29, 1.82) is 0 Å². The summed E-state index contributed by atoms with van der Waals surface area (Å²) in [6.45, 7) is 5.00. The first kappa shape index (κ1) is 23.4. The van der Waals surface area contributed by atoms with Crippen molar-refractivity contribution in [2.75, 3.05) is 18.8 Å². The number of piperidine rings is 1. The second-order valence-corrected chi connectivity index (χ2v) is 9.84. The highest BCUT2D eigenvalue weighted by Crippen LogP contribution is 2.34. The molecule has 2 atom stereocenters. The van der Waals surface area contributed by atoms with E-state index in [1.165, 1.54) is 17.2 Å². The Morgan fingerprint density at radius 1 is 1.16 bits per heavy atom. The Morgan fingerprint density at radius 2 is 1.89 bits per heavy atom. The van der Waals surface area contributed by atoms with Gasteiger partial charge in [-0.3, -0.25) is 14.4 Å². The first-order valence-electron chi connectivity index (χ1n) is 12.7. The Morgan fingerprint density at radius 3 is 2.59 bits per heavy atom. The number of nitrogens with one attached hydrogen (secondary N) is 1. The number of aliphatic hydroxyl groups excluding tert-OH is 1. The lowest BCUT2D eigenvalue weighted by atomic mass is 10.1. The number of fused-ring (bicyclic) bond motifs is 2. The quantitative estimate of drug-likeness (QED) is 0.349. The van der Waals surface area contributed by atoms with E-state index in [-0.39, 0.29) is 23.5 Å². The van der Waals surface area contributed by atoms with Crippen molar-refractivity contribution < 1.29 is 9.84 Å². The van der Waals surface area contributed by atoms with Crippen LogP contribution in [0.1, 0.15) is 30.0 Å². The van der Waals surface area contributed by atoms with Crippen molar-refractivity contribution in [3.05, 3.63) is 82.7 Å². The summed E-state index contributed by atoms with van der Waals surface area (Å²) in [5.41, 5.74) is 10.4. The van der Waals surface area contributed by atoms with Gasteiger partial charge < -0.3 is 15.6 Å². The number of anilines is 1. The lowest BCUT2D eigenvalue weighted by Crippen LogP contribution is -2.42. The molecule has 9 nitrogen and oxygen atoms in total. The van der Waals surface area contributed by atoms with Gasteiger partial charge in [-0.1, -0.05) is 30.8 Å². The molecule has 4 N–H and O–H groups in total. The number of aliphatic hydroxyl groups is 1. The summed E-state index contributed by atoms with van der Waals surface area (Å²) in [6, 6.07) is 16.1. The average Bonchev–Trinajstić information content (AvgIpc) is 3.53. The van der Waals surface area contributed by atoms with Crippen LogP contribution in [0.15, 0.2) is 66.0 Å². The summed E-state index contributed by atoms with van der Waals surface area (Å²) in [5.74, 6) is 1.01. The van der Waals surface area contributed by atoms with Crippen LogP contribution in [0.25, 0.3) is 22.2 Å². The highest BCUT2D eigenvalue weighted by Gasteiger charge is 2.29. The molecule has 0 bridgehead atoms. The van der Waals surface area contributed by atoms with Gasteiger partial charge in [0.2, 0.25) is 0 Å². The second kappa shape index (κ2) is 9.49. The SMILES string of the molecule is C=CC(O)N1CCC[C@@H](n2nc(-c3ccc(OC4Cc5ccccc5C4)cc3)c3c(N)n[nH]c(=O)c32)C1. The van der Waals surface area contributed by atoms with Gasteiger partial charge in [0.05, 0.1) is 11.4 Å². The summed E-state index contributed by atoms with van der Waals surface area (Å²) in [5, 5.41) is 22.2. The number of nitrogen functional groups attached to an aromatic ring is 1. The molecule has 9 heteroatoms. The minimum atomic E-state index is -0.741. The number of benzene rings is 2. The zero-order chi connectivity index (χ0) is 25.5. The topological polar surface area (TPSA) is 122 Å². The Bertz CT molecular complexity index is 1480. The molecule has 0 spiro atoms. The number of aromatic nitrogens is 4. The molecule has 0 radical (unpaired) electrons.